The molecule has 0 saturated heterocycles. The lowest BCUT2D eigenvalue weighted by molar-refractivity contribution is -0.126. The molecular formula is C21H29NO3. The monoisotopic (exact) mass is 343 g/mol. The number of hydrogen-bond acceptors (Lipinski definition) is 3. The summed E-state index contributed by atoms with van der Waals surface area (Å²) in [7, 11) is 0. The van der Waals surface area contributed by atoms with Gasteiger partial charge in [-0.1, -0.05) is 57.0 Å². The Morgan fingerprint density at radius 2 is 1.80 bits per heavy atom. The van der Waals surface area contributed by atoms with E-state index >= 15 is 0 Å². The summed E-state index contributed by atoms with van der Waals surface area (Å²) < 4.78 is 4.94. The van der Waals surface area contributed by atoms with E-state index in [0.717, 1.165) is 49.9 Å². The highest BCUT2D eigenvalue weighted by atomic mass is 16.5. The molecule has 0 unspecified atom stereocenters. The van der Waals surface area contributed by atoms with Crippen molar-refractivity contribution in [3.05, 3.63) is 47.6 Å². The van der Waals surface area contributed by atoms with Crippen molar-refractivity contribution in [3.63, 3.8) is 0 Å². The van der Waals surface area contributed by atoms with E-state index in [1.165, 1.54) is 0 Å². The average Bonchev–Trinajstić information content (AvgIpc) is 2.61. The molecule has 0 aliphatic heterocycles. The summed E-state index contributed by atoms with van der Waals surface area (Å²) in [5, 5.41) is 0. The lowest BCUT2D eigenvalue weighted by atomic mass is 10.1. The van der Waals surface area contributed by atoms with E-state index in [-0.39, 0.29) is 5.91 Å². The first-order valence-corrected chi connectivity index (χ1v) is 8.97. The zero-order valence-electron chi connectivity index (χ0n) is 15.5. The molecule has 25 heavy (non-hydrogen) atoms. The van der Waals surface area contributed by atoms with Crippen molar-refractivity contribution in [2.45, 2.75) is 46.5 Å². The molecule has 0 bridgehead atoms. The van der Waals surface area contributed by atoms with Crippen LogP contribution in [0.3, 0.4) is 0 Å². The summed E-state index contributed by atoms with van der Waals surface area (Å²) in [6.45, 7) is 8.19. The molecule has 1 aromatic rings. The molecule has 0 aromatic heterocycles. The molecule has 4 heteroatoms. The number of unbranched alkanes of at least 4 members (excludes halogenated alkanes) is 2. The van der Waals surface area contributed by atoms with Crippen molar-refractivity contribution in [3.8, 4) is 5.75 Å². The number of carbonyl (C=O) groups is 2. The molecule has 0 aliphatic carbocycles. The lowest BCUT2D eigenvalue weighted by Gasteiger charge is -2.20. The number of nitrogens with zero attached hydrogens (tertiary/aromatic N) is 1. The molecule has 136 valence electrons. The highest BCUT2D eigenvalue weighted by Crippen LogP contribution is 2.19. The Hall–Kier alpha value is -2.36. The van der Waals surface area contributed by atoms with E-state index in [4.69, 9.17) is 4.74 Å². The summed E-state index contributed by atoms with van der Waals surface area (Å²) in [5.41, 5.74) is 1.81. The van der Waals surface area contributed by atoms with Gasteiger partial charge in [0.05, 0.1) is 0 Å². The van der Waals surface area contributed by atoms with Gasteiger partial charge in [-0.05, 0) is 37.0 Å². The Morgan fingerprint density at radius 3 is 2.40 bits per heavy atom. The smallest absolute Gasteiger partial charge is 0.298 e. The van der Waals surface area contributed by atoms with Gasteiger partial charge in [-0.3, -0.25) is 9.59 Å². The first-order chi connectivity index (χ1) is 12.1. The van der Waals surface area contributed by atoms with Gasteiger partial charge in [-0.15, -0.1) is 0 Å². The first kappa shape index (κ1) is 20.7. The maximum atomic E-state index is 12.3. The fraction of sp³-hybridized carbons (Fsp3) is 0.429. The van der Waals surface area contributed by atoms with Crippen LogP contribution in [0.5, 0.6) is 5.75 Å². The van der Waals surface area contributed by atoms with Crippen LogP contribution in [0.1, 0.15) is 50.7 Å². The summed E-state index contributed by atoms with van der Waals surface area (Å²) in [6, 6.07) is 5.63. The normalized spacial score (nSPS) is 11.2. The SMILES string of the molecule is CCCCN(CCCC)C(=O)/C=C/C=C/c1ccc(C)c(OC=O)c1. The van der Waals surface area contributed by atoms with Gasteiger partial charge in [-0.25, -0.2) is 0 Å². The molecule has 0 saturated carbocycles. The van der Waals surface area contributed by atoms with E-state index in [1.807, 2.05) is 36.1 Å². The highest BCUT2D eigenvalue weighted by molar-refractivity contribution is 5.88. The number of amides is 1. The van der Waals surface area contributed by atoms with Crippen LogP contribution in [0.25, 0.3) is 6.08 Å². The van der Waals surface area contributed by atoms with Crippen molar-refractivity contribution in [1.82, 2.24) is 4.90 Å². The Kier molecular flexibility index (Phi) is 9.98. The predicted molar refractivity (Wildman–Crippen MR) is 102 cm³/mol. The molecule has 0 radical (unpaired) electrons. The van der Waals surface area contributed by atoms with Gasteiger partial charge in [-0.2, -0.15) is 0 Å². The number of allylic oxidation sites excluding steroid dienone is 2. The zero-order chi connectivity index (χ0) is 18.5. The zero-order valence-corrected chi connectivity index (χ0v) is 15.5. The van der Waals surface area contributed by atoms with E-state index in [0.29, 0.717) is 12.2 Å². The second-order valence-corrected chi connectivity index (χ2v) is 5.99. The molecule has 1 amide bonds. The van der Waals surface area contributed by atoms with E-state index in [1.54, 1.807) is 18.2 Å². The topological polar surface area (TPSA) is 46.6 Å². The van der Waals surface area contributed by atoms with Gasteiger partial charge in [0.15, 0.2) is 0 Å². The standard InChI is InChI=1S/C21H29NO3/c1-4-6-14-22(15-7-5-2)21(24)11-9-8-10-19-13-12-18(3)20(16-19)25-17-23/h8-13,16-17H,4-7,14-15H2,1-3H3/b10-8+,11-9+. The second-order valence-electron chi connectivity index (χ2n) is 5.99. The van der Waals surface area contributed by atoms with Crippen molar-refractivity contribution in [2.75, 3.05) is 13.1 Å². The summed E-state index contributed by atoms with van der Waals surface area (Å²) >= 11 is 0. The van der Waals surface area contributed by atoms with E-state index in [2.05, 4.69) is 13.8 Å². The molecule has 1 rings (SSSR count). The predicted octanol–water partition coefficient (Wildman–Crippen LogP) is 4.53. The van der Waals surface area contributed by atoms with Crippen LogP contribution in [-0.4, -0.2) is 30.4 Å². The third kappa shape index (κ3) is 7.84. The maximum absolute atomic E-state index is 12.3. The van der Waals surface area contributed by atoms with Crippen molar-refractivity contribution in [2.24, 2.45) is 0 Å². The third-order valence-corrected chi connectivity index (χ3v) is 3.90. The lowest BCUT2D eigenvalue weighted by Crippen LogP contribution is -2.31. The van der Waals surface area contributed by atoms with Crippen LogP contribution in [0.2, 0.25) is 0 Å². The Labute approximate surface area is 151 Å². The minimum absolute atomic E-state index is 0.0560. The quantitative estimate of drug-likeness (QED) is 0.337. The van der Waals surface area contributed by atoms with Gasteiger partial charge >= 0.3 is 0 Å². The highest BCUT2D eigenvalue weighted by Gasteiger charge is 2.08. The second kappa shape index (κ2) is 12.1. The fourth-order valence-electron chi connectivity index (χ4n) is 2.34. The number of carbonyl (C=O) groups excluding carboxylic acids is 2. The van der Waals surface area contributed by atoms with Gasteiger partial charge in [0.1, 0.15) is 5.75 Å². The Morgan fingerprint density at radius 1 is 1.12 bits per heavy atom. The van der Waals surface area contributed by atoms with E-state index in [9.17, 15) is 9.59 Å². The Balaban J connectivity index is 2.67. The van der Waals surface area contributed by atoms with Crippen LogP contribution in [0, 0.1) is 6.92 Å². The molecule has 1 aromatic carbocycles. The van der Waals surface area contributed by atoms with Gasteiger partial charge in [0.2, 0.25) is 5.91 Å². The van der Waals surface area contributed by atoms with Gasteiger partial charge in [0, 0.05) is 19.2 Å². The van der Waals surface area contributed by atoms with Crippen molar-refractivity contribution < 1.29 is 14.3 Å². The van der Waals surface area contributed by atoms with Crippen LogP contribution in [0.4, 0.5) is 0 Å². The molecule has 0 fully saturated rings. The van der Waals surface area contributed by atoms with Gasteiger partial charge < -0.3 is 9.64 Å². The summed E-state index contributed by atoms with van der Waals surface area (Å²) in [5.74, 6) is 0.600. The molecular weight excluding hydrogens is 314 g/mol. The van der Waals surface area contributed by atoms with E-state index < -0.39 is 0 Å². The Bertz CT molecular complexity index is 597. The fourth-order valence-corrected chi connectivity index (χ4v) is 2.34. The number of aryl methyl sites for hydroxylation is 1. The minimum atomic E-state index is 0.0560. The summed E-state index contributed by atoms with van der Waals surface area (Å²) in [4.78, 5) is 24.7. The van der Waals surface area contributed by atoms with Gasteiger partial charge in [0.25, 0.3) is 6.47 Å². The number of ether oxygens (including phenoxy) is 1. The maximum Gasteiger partial charge on any atom is 0.298 e. The van der Waals surface area contributed by atoms with Crippen LogP contribution < -0.4 is 4.74 Å². The average molecular weight is 343 g/mol. The molecule has 0 N–H and O–H groups in total. The minimum Gasteiger partial charge on any atom is -0.428 e. The largest absolute Gasteiger partial charge is 0.428 e. The van der Waals surface area contributed by atoms with Crippen LogP contribution >= 0.6 is 0 Å². The summed E-state index contributed by atoms with van der Waals surface area (Å²) in [6.07, 6.45) is 11.3. The van der Waals surface area contributed by atoms with Crippen LogP contribution in [-0.2, 0) is 9.59 Å². The third-order valence-electron chi connectivity index (χ3n) is 3.90. The van der Waals surface area contributed by atoms with Crippen LogP contribution in [0.15, 0.2) is 36.4 Å². The molecule has 0 aliphatic rings. The number of rotatable bonds is 11. The number of hydrogen-bond donors (Lipinski definition) is 0. The molecule has 0 spiro atoms. The number of benzene rings is 1. The molecule has 0 atom stereocenters. The van der Waals surface area contributed by atoms with Crippen molar-refractivity contribution >= 4 is 18.5 Å². The molecule has 0 heterocycles. The molecule has 4 nitrogen and oxygen atoms in total. The van der Waals surface area contributed by atoms with Crippen molar-refractivity contribution in [1.29, 1.82) is 0 Å². The first-order valence-electron chi connectivity index (χ1n) is 8.97.